The van der Waals surface area contributed by atoms with Crippen molar-refractivity contribution < 1.29 is 27.9 Å². The van der Waals surface area contributed by atoms with Gasteiger partial charge in [0.2, 0.25) is 0 Å². The molecule has 1 saturated heterocycles. The van der Waals surface area contributed by atoms with Gasteiger partial charge in [0.15, 0.2) is 8.32 Å². The summed E-state index contributed by atoms with van der Waals surface area (Å²) in [5.74, 6) is 0.874. The second kappa shape index (κ2) is 15.2. The van der Waals surface area contributed by atoms with Crippen molar-refractivity contribution in [3.05, 3.63) is 65.5 Å². The van der Waals surface area contributed by atoms with Crippen LogP contribution in [0.4, 0.5) is 14.0 Å². The van der Waals surface area contributed by atoms with Gasteiger partial charge >= 0.3 is 12.1 Å². The summed E-state index contributed by atoms with van der Waals surface area (Å²) in [5.41, 5.74) is 0.492. The Morgan fingerprint density at radius 2 is 1.46 bits per heavy atom. The van der Waals surface area contributed by atoms with E-state index in [0.29, 0.717) is 58.2 Å². The molecule has 2 aromatic carbocycles. The van der Waals surface area contributed by atoms with Gasteiger partial charge < -0.3 is 29.0 Å². The van der Waals surface area contributed by atoms with Gasteiger partial charge in [-0.3, -0.25) is 0 Å². The highest BCUT2D eigenvalue weighted by molar-refractivity contribution is 6.74. The number of halogens is 1. The number of nitrogens with one attached hydrogen (secondary N) is 1. The van der Waals surface area contributed by atoms with Gasteiger partial charge in [-0.2, -0.15) is 0 Å². The zero-order chi connectivity index (χ0) is 34.3. The lowest BCUT2D eigenvalue weighted by Crippen LogP contribution is -2.62. The lowest BCUT2D eigenvalue weighted by Gasteiger charge is -2.46. The van der Waals surface area contributed by atoms with Gasteiger partial charge in [0.25, 0.3) is 0 Å². The van der Waals surface area contributed by atoms with E-state index in [1.807, 2.05) is 45.0 Å². The molecular formula is C36H56FN3O5Si. The summed E-state index contributed by atoms with van der Waals surface area (Å²) in [6, 6.07) is 13.8. The predicted octanol–water partition coefficient (Wildman–Crippen LogP) is 8.36. The Labute approximate surface area is 277 Å². The number of piperidine rings is 1. The van der Waals surface area contributed by atoms with Crippen LogP contribution in [0, 0.1) is 11.7 Å². The fourth-order valence-electron chi connectivity index (χ4n) is 4.77. The van der Waals surface area contributed by atoms with Crippen molar-refractivity contribution >= 4 is 20.4 Å². The molecule has 256 valence electrons. The van der Waals surface area contributed by atoms with E-state index >= 15 is 0 Å². The van der Waals surface area contributed by atoms with Crippen LogP contribution in [0.25, 0.3) is 0 Å². The highest BCUT2D eigenvalue weighted by atomic mass is 28.4. The first-order valence-corrected chi connectivity index (χ1v) is 19.3. The molecule has 0 saturated carbocycles. The first kappa shape index (κ1) is 37.3. The zero-order valence-corrected chi connectivity index (χ0v) is 30.7. The van der Waals surface area contributed by atoms with Crippen LogP contribution in [0.1, 0.15) is 79.4 Å². The van der Waals surface area contributed by atoms with Gasteiger partial charge in [0.05, 0.1) is 18.8 Å². The number of ether oxygens (including phenoxy) is 2. The highest BCUT2D eigenvalue weighted by Crippen LogP contribution is 2.38. The van der Waals surface area contributed by atoms with Crippen LogP contribution < -0.4 is 10.1 Å². The third-order valence-electron chi connectivity index (χ3n) is 8.71. The van der Waals surface area contributed by atoms with E-state index in [0.717, 1.165) is 16.9 Å². The van der Waals surface area contributed by atoms with Crippen molar-refractivity contribution in [2.45, 2.75) is 111 Å². The van der Waals surface area contributed by atoms with Crippen molar-refractivity contribution in [1.82, 2.24) is 15.1 Å². The number of hydrogen-bond donors (Lipinski definition) is 1. The Morgan fingerprint density at radius 1 is 0.935 bits per heavy atom. The number of benzene rings is 2. The van der Waals surface area contributed by atoms with E-state index in [4.69, 9.17) is 13.9 Å². The van der Waals surface area contributed by atoms with E-state index in [2.05, 4.69) is 53.0 Å². The van der Waals surface area contributed by atoms with Gasteiger partial charge in [0.1, 0.15) is 17.2 Å². The maximum absolute atomic E-state index is 14.2. The fourth-order valence-corrected chi connectivity index (χ4v) is 5.84. The normalized spacial score (nSPS) is 15.4. The minimum absolute atomic E-state index is 0.00488. The SMILES string of the molecule is CC(C)COc1ccc(CN(Cc2ccc(F)cc2)C(=O)NC2(CO[Si](C)(C)C(C)(C)C)CCN(C(=O)OC(C)(C)C)CC2)cc1. The van der Waals surface area contributed by atoms with Crippen molar-refractivity contribution in [3.63, 3.8) is 0 Å². The molecule has 10 heteroatoms. The molecule has 0 aliphatic carbocycles. The number of hydrogen-bond acceptors (Lipinski definition) is 5. The van der Waals surface area contributed by atoms with E-state index in [-0.39, 0.29) is 23.0 Å². The fraction of sp³-hybridized carbons (Fsp3) is 0.611. The number of rotatable bonds is 11. The van der Waals surface area contributed by atoms with Crippen LogP contribution in [0.3, 0.4) is 0 Å². The van der Waals surface area contributed by atoms with Crippen molar-refractivity contribution in [1.29, 1.82) is 0 Å². The van der Waals surface area contributed by atoms with Gasteiger partial charge in [-0.1, -0.05) is 58.9 Å². The third kappa shape index (κ3) is 11.3. The Hall–Kier alpha value is -3.11. The van der Waals surface area contributed by atoms with Gasteiger partial charge in [-0.15, -0.1) is 0 Å². The molecule has 0 atom stereocenters. The average molecular weight is 658 g/mol. The van der Waals surface area contributed by atoms with Gasteiger partial charge in [-0.25, -0.2) is 14.0 Å². The Morgan fingerprint density at radius 3 is 1.93 bits per heavy atom. The van der Waals surface area contributed by atoms with Crippen LogP contribution in [0.15, 0.2) is 48.5 Å². The summed E-state index contributed by atoms with van der Waals surface area (Å²) >= 11 is 0. The molecule has 1 fully saturated rings. The molecular weight excluding hydrogens is 601 g/mol. The summed E-state index contributed by atoms with van der Waals surface area (Å²) < 4.78 is 31.9. The van der Waals surface area contributed by atoms with Crippen LogP contribution >= 0.6 is 0 Å². The molecule has 1 aliphatic rings. The molecule has 8 nitrogen and oxygen atoms in total. The smallest absolute Gasteiger partial charge is 0.410 e. The second-order valence-corrected chi connectivity index (χ2v) is 20.4. The maximum Gasteiger partial charge on any atom is 0.410 e. The van der Waals surface area contributed by atoms with Crippen molar-refractivity contribution in [2.75, 3.05) is 26.3 Å². The maximum atomic E-state index is 14.2. The number of urea groups is 1. The standard InChI is InChI=1S/C36H56FN3O5Si/c1-27(2)25-43-31-17-13-29(14-18-31)24-40(23-28-11-15-30(37)16-12-28)32(41)38-36(26-44-46(9,10)35(6,7)8)19-21-39(22-20-36)33(42)45-34(3,4)5/h11-18,27H,19-26H2,1-10H3,(H,38,41). The van der Waals surface area contributed by atoms with Crippen LogP contribution in [0.5, 0.6) is 5.75 Å². The molecule has 0 radical (unpaired) electrons. The van der Waals surface area contributed by atoms with Gasteiger partial charge in [-0.05, 0) is 93.1 Å². The minimum Gasteiger partial charge on any atom is -0.493 e. The van der Waals surface area contributed by atoms with E-state index in [1.165, 1.54) is 12.1 Å². The Balaban J connectivity index is 1.85. The largest absolute Gasteiger partial charge is 0.493 e. The summed E-state index contributed by atoms with van der Waals surface area (Å²) in [4.78, 5) is 30.6. The number of amides is 3. The lowest BCUT2D eigenvalue weighted by atomic mass is 9.88. The van der Waals surface area contributed by atoms with Crippen LogP contribution in [-0.2, 0) is 22.3 Å². The number of likely N-dealkylation sites (tertiary alicyclic amines) is 1. The number of carbonyl (C=O) groups is 2. The topological polar surface area (TPSA) is 80.3 Å². The van der Waals surface area contributed by atoms with Crippen molar-refractivity contribution in [3.8, 4) is 5.75 Å². The van der Waals surface area contributed by atoms with Crippen molar-refractivity contribution in [2.24, 2.45) is 5.92 Å². The predicted molar refractivity (Wildman–Crippen MR) is 184 cm³/mol. The summed E-state index contributed by atoms with van der Waals surface area (Å²) in [6.45, 7) is 23.2. The van der Waals surface area contributed by atoms with Gasteiger partial charge in [0, 0.05) is 26.2 Å². The van der Waals surface area contributed by atoms with E-state index in [1.54, 1.807) is 21.9 Å². The highest BCUT2D eigenvalue weighted by Gasteiger charge is 2.44. The molecule has 3 rings (SSSR count). The second-order valence-electron chi connectivity index (χ2n) is 15.6. The molecule has 3 amide bonds. The molecule has 2 aromatic rings. The zero-order valence-electron chi connectivity index (χ0n) is 29.7. The minimum atomic E-state index is -2.15. The van der Waals surface area contributed by atoms with Crippen LogP contribution in [-0.4, -0.2) is 67.7 Å². The monoisotopic (exact) mass is 657 g/mol. The quantitative estimate of drug-likeness (QED) is 0.246. The Bertz CT molecular complexity index is 1280. The molecule has 0 aromatic heterocycles. The van der Waals surface area contributed by atoms with Crippen LogP contribution in [0.2, 0.25) is 18.1 Å². The number of nitrogens with zero attached hydrogens (tertiary/aromatic N) is 2. The lowest BCUT2D eigenvalue weighted by molar-refractivity contribution is 0.0107. The molecule has 0 unspecified atom stereocenters. The first-order valence-electron chi connectivity index (χ1n) is 16.4. The summed E-state index contributed by atoms with van der Waals surface area (Å²) in [7, 11) is -2.15. The number of carbonyl (C=O) groups excluding carboxylic acids is 2. The first-order chi connectivity index (χ1) is 21.3. The third-order valence-corrected chi connectivity index (χ3v) is 13.2. The molecule has 46 heavy (non-hydrogen) atoms. The molecule has 1 heterocycles. The summed E-state index contributed by atoms with van der Waals surface area (Å²) in [6.07, 6.45) is 0.703. The van der Waals surface area contributed by atoms with E-state index in [9.17, 15) is 14.0 Å². The molecule has 1 aliphatic heterocycles. The Kier molecular flexibility index (Phi) is 12.3. The molecule has 0 spiro atoms. The van der Waals surface area contributed by atoms with E-state index < -0.39 is 19.5 Å². The average Bonchev–Trinajstić information content (AvgIpc) is 2.95. The molecule has 0 bridgehead atoms. The molecule has 1 N–H and O–H groups in total. The summed E-state index contributed by atoms with van der Waals surface area (Å²) in [5, 5.41) is 3.36.